The van der Waals surface area contributed by atoms with Gasteiger partial charge >= 0.3 is 0 Å². The van der Waals surface area contributed by atoms with Crippen LogP contribution in [0.25, 0.3) is 0 Å². The summed E-state index contributed by atoms with van der Waals surface area (Å²) in [5.41, 5.74) is 0.291. The summed E-state index contributed by atoms with van der Waals surface area (Å²) in [7, 11) is 0. The van der Waals surface area contributed by atoms with Gasteiger partial charge in [-0.15, -0.1) is 0 Å². The van der Waals surface area contributed by atoms with Crippen molar-refractivity contribution in [3.63, 3.8) is 0 Å². The fraction of sp³-hybridized carbons (Fsp3) is 0.917. The van der Waals surface area contributed by atoms with Crippen molar-refractivity contribution in [3.8, 4) is 0 Å². The molecule has 0 bridgehead atoms. The van der Waals surface area contributed by atoms with Crippen LogP contribution in [0.2, 0.25) is 0 Å². The summed E-state index contributed by atoms with van der Waals surface area (Å²) in [6.07, 6.45) is 5.07. The predicted molar refractivity (Wildman–Crippen MR) is 59.3 cm³/mol. The molecular formula is C12H23NO. The molecule has 14 heavy (non-hydrogen) atoms. The summed E-state index contributed by atoms with van der Waals surface area (Å²) in [6.45, 7) is 7.43. The molecular weight excluding hydrogens is 174 g/mol. The van der Waals surface area contributed by atoms with Crippen LogP contribution < -0.4 is 5.32 Å². The zero-order valence-corrected chi connectivity index (χ0v) is 9.73. The van der Waals surface area contributed by atoms with Crippen LogP contribution in [-0.4, -0.2) is 18.4 Å². The van der Waals surface area contributed by atoms with E-state index in [2.05, 4.69) is 26.1 Å². The molecule has 0 heterocycles. The Morgan fingerprint density at radius 3 is 2.43 bits per heavy atom. The van der Waals surface area contributed by atoms with Crippen LogP contribution in [0.1, 0.15) is 52.9 Å². The molecule has 0 amide bonds. The fourth-order valence-electron chi connectivity index (χ4n) is 1.34. The molecule has 0 radical (unpaired) electrons. The Kier molecular flexibility index (Phi) is 4.11. The Morgan fingerprint density at radius 2 is 1.93 bits per heavy atom. The first-order valence-corrected chi connectivity index (χ1v) is 5.72. The van der Waals surface area contributed by atoms with Gasteiger partial charge in [-0.1, -0.05) is 20.8 Å². The van der Waals surface area contributed by atoms with Crippen molar-refractivity contribution >= 4 is 5.78 Å². The molecule has 0 aliphatic heterocycles. The van der Waals surface area contributed by atoms with E-state index in [1.807, 2.05) is 0 Å². The Morgan fingerprint density at radius 1 is 1.29 bits per heavy atom. The van der Waals surface area contributed by atoms with E-state index in [0.29, 0.717) is 17.6 Å². The van der Waals surface area contributed by atoms with Gasteiger partial charge in [0.25, 0.3) is 0 Å². The summed E-state index contributed by atoms with van der Waals surface area (Å²) in [5, 5.41) is 3.36. The number of carbonyl (C=O) groups excluding carboxylic acids is 1. The van der Waals surface area contributed by atoms with Gasteiger partial charge in [-0.25, -0.2) is 0 Å². The number of ketones is 1. The van der Waals surface area contributed by atoms with Gasteiger partial charge in [0, 0.05) is 25.4 Å². The van der Waals surface area contributed by atoms with Crippen LogP contribution in [0.4, 0.5) is 0 Å². The number of hydrogen-bond donors (Lipinski definition) is 1. The zero-order valence-electron chi connectivity index (χ0n) is 9.73. The van der Waals surface area contributed by atoms with E-state index in [1.54, 1.807) is 0 Å². The smallest absolute Gasteiger partial charge is 0.134 e. The Balaban J connectivity index is 1.97. The zero-order chi connectivity index (χ0) is 10.6. The van der Waals surface area contributed by atoms with Crippen molar-refractivity contribution in [1.82, 2.24) is 5.32 Å². The summed E-state index contributed by atoms with van der Waals surface area (Å²) < 4.78 is 0. The van der Waals surface area contributed by atoms with Crippen molar-refractivity contribution in [2.75, 3.05) is 6.54 Å². The largest absolute Gasteiger partial charge is 0.314 e. The first-order valence-electron chi connectivity index (χ1n) is 5.72. The second-order valence-corrected chi connectivity index (χ2v) is 5.58. The molecule has 0 aromatic heterocycles. The average molecular weight is 197 g/mol. The van der Waals surface area contributed by atoms with E-state index in [4.69, 9.17) is 0 Å². The third-order valence-electron chi connectivity index (χ3n) is 2.57. The monoisotopic (exact) mass is 197 g/mol. The van der Waals surface area contributed by atoms with E-state index < -0.39 is 0 Å². The first kappa shape index (κ1) is 11.7. The first-order chi connectivity index (χ1) is 6.47. The molecule has 0 unspecified atom stereocenters. The molecule has 1 saturated carbocycles. The highest BCUT2D eigenvalue weighted by Gasteiger charge is 2.20. The van der Waals surface area contributed by atoms with Crippen molar-refractivity contribution in [1.29, 1.82) is 0 Å². The molecule has 2 nitrogen and oxygen atoms in total. The molecule has 1 rings (SSSR count). The molecule has 1 N–H and O–H groups in total. The minimum Gasteiger partial charge on any atom is -0.314 e. The van der Waals surface area contributed by atoms with E-state index in [1.165, 1.54) is 12.8 Å². The molecule has 0 aromatic carbocycles. The summed E-state index contributed by atoms with van der Waals surface area (Å²) in [5.74, 6) is 0.410. The van der Waals surface area contributed by atoms with E-state index >= 15 is 0 Å². The van der Waals surface area contributed by atoms with E-state index in [-0.39, 0.29) is 0 Å². The molecule has 2 heteroatoms. The quantitative estimate of drug-likeness (QED) is 0.709. The maximum absolute atomic E-state index is 11.5. The molecule has 1 fully saturated rings. The van der Waals surface area contributed by atoms with Crippen LogP contribution in [0.15, 0.2) is 0 Å². The van der Waals surface area contributed by atoms with Gasteiger partial charge in [-0.2, -0.15) is 0 Å². The van der Waals surface area contributed by atoms with Crippen molar-refractivity contribution in [3.05, 3.63) is 0 Å². The lowest BCUT2D eigenvalue weighted by atomic mass is 9.89. The number of Topliss-reactive ketones (excluding diaryl/α,β-unsaturated/α-hetero) is 1. The van der Waals surface area contributed by atoms with Crippen molar-refractivity contribution < 1.29 is 4.79 Å². The third-order valence-corrected chi connectivity index (χ3v) is 2.57. The number of nitrogens with one attached hydrogen (secondary N) is 1. The van der Waals surface area contributed by atoms with Crippen molar-refractivity contribution in [2.45, 2.75) is 58.9 Å². The SMILES string of the molecule is CC(C)(C)CCC(=O)CCNC1CC1. The van der Waals surface area contributed by atoms with Gasteiger partial charge in [-0.3, -0.25) is 4.79 Å². The van der Waals surface area contributed by atoms with Crippen molar-refractivity contribution in [2.24, 2.45) is 5.41 Å². The van der Waals surface area contributed by atoms with Crippen LogP contribution in [0.5, 0.6) is 0 Å². The highest BCUT2D eigenvalue weighted by molar-refractivity contribution is 5.78. The normalized spacial score (nSPS) is 17.1. The van der Waals surface area contributed by atoms with Crippen LogP contribution in [-0.2, 0) is 4.79 Å². The van der Waals surface area contributed by atoms with Crippen LogP contribution in [0, 0.1) is 5.41 Å². The fourth-order valence-corrected chi connectivity index (χ4v) is 1.34. The van der Waals surface area contributed by atoms with Gasteiger partial charge in [0.1, 0.15) is 5.78 Å². The van der Waals surface area contributed by atoms with Crippen LogP contribution in [0.3, 0.4) is 0 Å². The highest BCUT2D eigenvalue weighted by Crippen LogP contribution is 2.21. The molecule has 1 aliphatic rings. The highest BCUT2D eigenvalue weighted by atomic mass is 16.1. The summed E-state index contributed by atoms with van der Waals surface area (Å²) in [4.78, 5) is 11.5. The topological polar surface area (TPSA) is 29.1 Å². The molecule has 0 saturated heterocycles. The predicted octanol–water partition coefficient (Wildman–Crippen LogP) is 2.52. The second-order valence-electron chi connectivity index (χ2n) is 5.58. The lowest BCUT2D eigenvalue weighted by molar-refractivity contribution is -0.119. The maximum atomic E-state index is 11.5. The summed E-state index contributed by atoms with van der Waals surface area (Å²) in [6, 6.07) is 0.727. The van der Waals surface area contributed by atoms with Gasteiger partial charge in [0.15, 0.2) is 0 Å². The van der Waals surface area contributed by atoms with Crippen LogP contribution >= 0.6 is 0 Å². The Bertz CT molecular complexity index is 189. The third kappa shape index (κ3) is 6.14. The van der Waals surface area contributed by atoms with Gasteiger partial charge in [0.05, 0.1) is 0 Å². The van der Waals surface area contributed by atoms with Gasteiger partial charge in [0.2, 0.25) is 0 Å². The second kappa shape index (κ2) is 4.92. The molecule has 0 atom stereocenters. The minimum absolute atomic E-state index is 0.291. The molecule has 82 valence electrons. The standard InChI is InChI=1S/C12H23NO/c1-12(2,3)8-6-11(14)7-9-13-10-4-5-10/h10,13H,4-9H2,1-3H3. The van der Waals surface area contributed by atoms with Gasteiger partial charge in [-0.05, 0) is 24.7 Å². The number of carbonyl (C=O) groups is 1. The van der Waals surface area contributed by atoms with Gasteiger partial charge < -0.3 is 5.32 Å². The Hall–Kier alpha value is -0.370. The average Bonchev–Trinajstić information content (AvgIpc) is 2.83. The number of rotatable bonds is 6. The number of hydrogen-bond acceptors (Lipinski definition) is 2. The lowest BCUT2D eigenvalue weighted by Crippen LogP contribution is -2.20. The molecule has 1 aliphatic carbocycles. The molecule has 0 aromatic rings. The minimum atomic E-state index is 0.291. The lowest BCUT2D eigenvalue weighted by Gasteiger charge is -2.16. The maximum Gasteiger partial charge on any atom is 0.134 e. The summed E-state index contributed by atoms with van der Waals surface area (Å²) >= 11 is 0. The van der Waals surface area contributed by atoms with E-state index in [0.717, 1.165) is 25.4 Å². The Labute approximate surface area is 87.5 Å². The van der Waals surface area contributed by atoms with E-state index in [9.17, 15) is 4.79 Å². The molecule has 0 spiro atoms.